The predicted molar refractivity (Wildman–Crippen MR) is 296 cm³/mol. The molecular weight excluding hydrogens is 861 g/mol. The van der Waals surface area contributed by atoms with Gasteiger partial charge in [-0.05, 0) is 93.0 Å². The van der Waals surface area contributed by atoms with Gasteiger partial charge in [0.25, 0.3) is 5.91 Å². The highest BCUT2D eigenvalue weighted by Crippen LogP contribution is 2.69. The van der Waals surface area contributed by atoms with Crippen molar-refractivity contribution >= 4 is 45.5 Å². The third-order valence-electron chi connectivity index (χ3n) is 16.0. The standard InChI is InChI=1S/C67H52N4/c1-65(2)51-33-15-11-31-49(51)63-53(65)35-23-43-61(63)70-59-41-21-19-39-57(59)68(55-37-17-13-29-47(55)45-25-7-5-8-26-45)67(70)69(56-38-18-14-30-48(56)46-27-9-6-10-28-46)58-40-20-22-42-60(58)71(67)62-44-24-36-54-64(62)50-32-12-16-34-52(50)66(54,3)4/h5-44H,1-4H3. The minimum absolute atomic E-state index is 0.235. The molecule has 0 amide bonds. The first-order valence-corrected chi connectivity index (χ1v) is 25.0. The third kappa shape index (κ3) is 5.56. The van der Waals surface area contributed by atoms with Gasteiger partial charge in [0, 0.05) is 33.1 Å². The number of anilines is 8. The van der Waals surface area contributed by atoms with Crippen molar-refractivity contribution in [1.82, 2.24) is 0 Å². The van der Waals surface area contributed by atoms with Gasteiger partial charge in [0.05, 0.1) is 45.5 Å². The van der Waals surface area contributed by atoms with E-state index in [9.17, 15) is 0 Å². The van der Waals surface area contributed by atoms with Crippen LogP contribution >= 0.6 is 0 Å². The van der Waals surface area contributed by atoms with E-state index in [1.165, 1.54) is 44.5 Å². The molecule has 2 aliphatic heterocycles. The fraction of sp³-hybridized carbons (Fsp3) is 0.104. The van der Waals surface area contributed by atoms with Crippen LogP contribution in [0.4, 0.5) is 45.5 Å². The van der Waals surface area contributed by atoms with E-state index in [1.54, 1.807) is 0 Å². The van der Waals surface area contributed by atoms with E-state index in [0.29, 0.717) is 0 Å². The fourth-order valence-electron chi connectivity index (χ4n) is 13.0. The van der Waals surface area contributed by atoms with Gasteiger partial charge in [-0.3, -0.25) is 19.6 Å². The van der Waals surface area contributed by atoms with E-state index in [2.05, 4.69) is 290 Å². The first-order valence-electron chi connectivity index (χ1n) is 25.0. The van der Waals surface area contributed by atoms with E-state index in [4.69, 9.17) is 0 Å². The Kier molecular flexibility index (Phi) is 8.86. The molecule has 10 aromatic carbocycles. The van der Waals surface area contributed by atoms with Crippen LogP contribution in [0.5, 0.6) is 0 Å². The van der Waals surface area contributed by atoms with Crippen molar-refractivity contribution in [3.8, 4) is 44.5 Å². The molecule has 0 aromatic heterocycles. The summed E-state index contributed by atoms with van der Waals surface area (Å²) in [7, 11) is 0. The Morgan fingerprint density at radius 3 is 0.873 bits per heavy atom. The second-order valence-corrected chi connectivity index (χ2v) is 20.4. The molecule has 0 fully saturated rings. The minimum atomic E-state index is -1.21. The van der Waals surface area contributed by atoms with Gasteiger partial charge in [-0.1, -0.05) is 222 Å². The number of nitrogens with zero attached hydrogens (tertiary/aromatic N) is 4. The average molecular weight is 913 g/mol. The quantitative estimate of drug-likeness (QED) is 0.165. The Labute approximate surface area is 417 Å². The summed E-state index contributed by atoms with van der Waals surface area (Å²) in [5.74, 6) is -1.21. The SMILES string of the molecule is CC1(C)c2ccccc2-c2c(N3c4ccccc4N(c4ccccc4-c4ccccc4)C34N(c3ccccc3-c3ccccc3)c3ccccc3N4c3cccc4c3-c3ccccc3C4(C)C)cccc21. The van der Waals surface area contributed by atoms with Gasteiger partial charge in [-0.15, -0.1) is 0 Å². The second kappa shape index (κ2) is 15.2. The number of rotatable bonds is 6. The molecule has 0 saturated carbocycles. The van der Waals surface area contributed by atoms with Gasteiger partial charge in [0.2, 0.25) is 0 Å². The molecule has 14 rings (SSSR count). The highest BCUT2D eigenvalue weighted by molar-refractivity contribution is 6.09. The summed E-state index contributed by atoms with van der Waals surface area (Å²) in [6.45, 7) is 9.57. The fourth-order valence-corrected chi connectivity index (χ4v) is 13.0. The smallest absolute Gasteiger partial charge is 0.279 e. The summed E-state index contributed by atoms with van der Waals surface area (Å²) < 4.78 is 0. The Bertz CT molecular complexity index is 3510. The van der Waals surface area contributed by atoms with Crippen LogP contribution in [0.3, 0.4) is 0 Å². The summed E-state index contributed by atoms with van der Waals surface area (Å²) >= 11 is 0. The molecule has 0 atom stereocenters. The van der Waals surface area contributed by atoms with E-state index in [0.717, 1.165) is 67.8 Å². The molecule has 0 unspecified atom stereocenters. The van der Waals surface area contributed by atoms with E-state index >= 15 is 0 Å². The summed E-state index contributed by atoms with van der Waals surface area (Å²) in [6, 6.07) is 90.5. The van der Waals surface area contributed by atoms with Crippen molar-refractivity contribution in [3.05, 3.63) is 265 Å². The molecule has 10 aromatic rings. The molecule has 71 heavy (non-hydrogen) atoms. The van der Waals surface area contributed by atoms with Gasteiger partial charge in [0.1, 0.15) is 0 Å². The van der Waals surface area contributed by atoms with Crippen molar-refractivity contribution in [2.75, 3.05) is 19.6 Å². The maximum atomic E-state index is 2.72. The van der Waals surface area contributed by atoms with Crippen LogP contribution in [-0.2, 0) is 10.8 Å². The lowest BCUT2D eigenvalue weighted by Gasteiger charge is -2.54. The largest absolute Gasteiger partial charge is 0.295 e. The highest BCUT2D eigenvalue weighted by atomic mass is 15.8. The van der Waals surface area contributed by atoms with E-state index in [-0.39, 0.29) is 10.8 Å². The minimum Gasteiger partial charge on any atom is -0.279 e. The molecule has 4 aliphatic rings. The zero-order valence-electron chi connectivity index (χ0n) is 40.4. The maximum absolute atomic E-state index is 2.72. The molecule has 4 nitrogen and oxygen atoms in total. The van der Waals surface area contributed by atoms with E-state index in [1.807, 2.05) is 0 Å². The molecule has 340 valence electrons. The van der Waals surface area contributed by atoms with Crippen LogP contribution < -0.4 is 19.6 Å². The van der Waals surface area contributed by atoms with Gasteiger partial charge in [-0.25, -0.2) is 0 Å². The Morgan fingerprint density at radius 1 is 0.225 bits per heavy atom. The topological polar surface area (TPSA) is 13.0 Å². The molecule has 2 aliphatic carbocycles. The third-order valence-corrected chi connectivity index (χ3v) is 16.0. The first-order chi connectivity index (χ1) is 34.8. The molecule has 0 radical (unpaired) electrons. The van der Waals surface area contributed by atoms with Crippen LogP contribution in [0.25, 0.3) is 44.5 Å². The maximum Gasteiger partial charge on any atom is 0.295 e. The van der Waals surface area contributed by atoms with E-state index < -0.39 is 5.91 Å². The molecular formula is C67H52N4. The van der Waals surface area contributed by atoms with Crippen molar-refractivity contribution in [3.63, 3.8) is 0 Å². The predicted octanol–water partition coefficient (Wildman–Crippen LogP) is 17.5. The number of hydrogen-bond acceptors (Lipinski definition) is 4. The van der Waals surface area contributed by atoms with Crippen molar-refractivity contribution < 1.29 is 0 Å². The molecule has 0 N–H and O–H groups in total. The van der Waals surface area contributed by atoms with Crippen LogP contribution in [0.1, 0.15) is 49.9 Å². The molecule has 0 saturated heterocycles. The second-order valence-electron chi connectivity index (χ2n) is 20.4. The van der Waals surface area contributed by atoms with Gasteiger partial charge in [-0.2, -0.15) is 0 Å². The Hall–Kier alpha value is -8.60. The number of para-hydroxylation sites is 6. The van der Waals surface area contributed by atoms with Crippen LogP contribution in [0, 0.1) is 0 Å². The monoisotopic (exact) mass is 912 g/mol. The van der Waals surface area contributed by atoms with Gasteiger partial charge >= 0.3 is 0 Å². The lowest BCUT2D eigenvalue weighted by molar-refractivity contribution is 0.480. The number of hydrogen-bond donors (Lipinski definition) is 0. The lowest BCUT2D eigenvalue weighted by Crippen LogP contribution is -2.70. The molecule has 0 bridgehead atoms. The molecule has 4 heteroatoms. The number of benzene rings is 10. The van der Waals surface area contributed by atoms with Crippen LogP contribution in [-0.4, -0.2) is 5.91 Å². The zero-order chi connectivity index (χ0) is 47.6. The summed E-state index contributed by atoms with van der Waals surface area (Å²) in [4.78, 5) is 10.8. The summed E-state index contributed by atoms with van der Waals surface area (Å²) in [6.07, 6.45) is 0. The molecule has 1 spiro atoms. The van der Waals surface area contributed by atoms with Crippen LogP contribution in [0.2, 0.25) is 0 Å². The van der Waals surface area contributed by atoms with Gasteiger partial charge in [0.15, 0.2) is 0 Å². The van der Waals surface area contributed by atoms with Crippen molar-refractivity contribution in [1.29, 1.82) is 0 Å². The Morgan fingerprint density at radius 2 is 0.493 bits per heavy atom. The van der Waals surface area contributed by atoms with Gasteiger partial charge < -0.3 is 0 Å². The zero-order valence-corrected chi connectivity index (χ0v) is 40.4. The van der Waals surface area contributed by atoms with Crippen LogP contribution in [0.15, 0.2) is 243 Å². The van der Waals surface area contributed by atoms with Crippen molar-refractivity contribution in [2.24, 2.45) is 0 Å². The lowest BCUT2D eigenvalue weighted by atomic mass is 9.82. The Balaban J connectivity index is 1.21. The first kappa shape index (κ1) is 41.4. The average Bonchev–Trinajstić information content (AvgIpc) is 4.05. The highest BCUT2D eigenvalue weighted by Gasteiger charge is 2.66. The number of fused-ring (bicyclic) bond motifs is 8. The molecule has 2 heterocycles. The summed E-state index contributed by atoms with van der Waals surface area (Å²) in [5, 5.41) is 0. The normalized spacial score (nSPS) is 15.8. The summed E-state index contributed by atoms with van der Waals surface area (Å²) in [5.41, 5.74) is 23.4. The van der Waals surface area contributed by atoms with Crippen molar-refractivity contribution in [2.45, 2.75) is 44.4 Å².